The van der Waals surface area contributed by atoms with Gasteiger partial charge in [-0.15, -0.1) is 0 Å². The van der Waals surface area contributed by atoms with E-state index in [0.717, 1.165) is 12.1 Å². The van der Waals surface area contributed by atoms with Crippen LogP contribution in [0.1, 0.15) is 40.4 Å². The summed E-state index contributed by atoms with van der Waals surface area (Å²) in [6.07, 6.45) is 0.949. The first-order valence-electron chi connectivity index (χ1n) is 11.2. The summed E-state index contributed by atoms with van der Waals surface area (Å²) in [5, 5.41) is 11.5. The lowest BCUT2D eigenvalue weighted by molar-refractivity contribution is -0.129. The van der Waals surface area contributed by atoms with E-state index in [1.54, 1.807) is 24.3 Å². The van der Waals surface area contributed by atoms with E-state index in [0.29, 0.717) is 31.5 Å². The molecule has 1 aliphatic heterocycles. The molecule has 0 radical (unpaired) electrons. The van der Waals surface area contributed by atoms with E-state index < -0.39 is 42.1 Å². The van der Waals surface area contributed by atoms with Crippen molar-refractivity contribution >= 4 is 11.8 Å². The summed E-state index contributed by atoms with van der Waals surface area (Å²) in [7, 11) is 0. The smallest absolute Gasteiger partial charge is 0.267 e. The first kappa shape index (κ1) is 23.8. The summed E-state index contributed by atoms with van der Waals surface area (Å²) in [5.74, 6) is -5.16. The van der Waals surface area contributed by atoms with Gasteiger partial charge in [0, 0.05) is 37.7 Å². The quantitative estimate of drug-likeness (QED) is 0.674. The highest BCUT2D eigenvalue weighted by Gasteiger charge is 2.47. The molecule has 1 atom stereocenters. The predicted molar refractivity (Wildman–Crippen MR) is 118 cm³/mol. The lowest BCUT2D eigenvalue weighted by Gasteiger charge is -2.39. The number of benzene rings is 2. The van der Waals surface area contributed by atoms with Crippen molar-refractivity contribution < 1.29 is 22.8 Å². The topological polar surface area (TPSA) is 76.4 Å². The molecule has 1 aliphatic carbocycles. The monoisotopic (exact) mass is 470 g/mol. The summed E-state index contributed by atoms with van der Waals surface area (Å²) in [6, 6.07) is 13.5. The molecular weight excluding hydrogens is 445 g/mol. The molecule has 0 spiro atoms. The fraction of sp³-hybridized carbons (Fsp3) is 0.400. The van der Waals surface area contributed by atoms with Crippen LogP contribution in [0.25, 0.3) is 0 Å². The average Bonchev–Trinajstić information content (AvgIpc) is 3.70. The third-order valence-corrected chi connectivity index (χ3v) is 6.28. The third-order valence-electron chi connectivity index (χ3n) is 6.28. The van der Waals surface area contributed by atoms with Crippen LogP contribution in [0.5, 0.6) is 0 Å². The molecule has 1 saturated carbocycles. The summed E-state index contributed by atoms with van der Waals surface area (Å²) < 4.78 is 42.1. The lowest BCUT2D eigenvalue weighted by Crippen LogP contribution is -2.53. The number of nitrogens with one attached hydrogen (secondary N) is 1. The molecule has 1 heterocycles. The molecule has 34 heavy (non-hydrogen) atoms. The lowest BCUT2D eigenvalue weighted by atomic mass is 10.0. The Morgan fingerprint density at radius 2 is 1.76 bits per heavy atom. The number of nitriles is 1. The Hall–Kier alpha value is -3.38. The van der Waals surface area contributed by atoms with Gasteiger partial charge in [-0.3, -0.25) is 14.5 Å². The van der Waals surface area contributed by atoms with Crippen LogP contribution in [-0.4, -0.2) is 60.3 Å². The molecule has 2 aliphatic rings. The van der Waals surface area contributed by atoms with E-state index in [4.69, 9.17) is 5.26 Å². The summed E-state index contributed by atoms with van der Waals surface area (Å²) in [4.78, 5) is 29.3. The number of hydrogen-bond donors (Lipinski definition) is 1. The van der Waals surface area contributed by atoms with Gasteiger partial charge in [-0.25, -0.2) is 13.2 Å². The molecule has 2 aromatic carbocycles. The van der Waals surface area contributed by atoms with E-state index in [2.05, 4.69) is 5.32 Å². The number of alkyl halides is 2. The molecule has 9 heteroatoms. The number of rotatable bonds is 7. The Bertz CT molecular complexity index is 1090. The summed E-state index contributed by atoms with van der Waals surface area (Å²) in [5.41, 5.74) is 0.828. The number of amides is 2. The molecule has 2 amide bonds. The van der Waals surface area contributed by atoms with Crippen LogP contribution in [0.15, 0.2) is 48.5 Å². The minimum Gasteiger partial charge on any atom is -0.348 e. The zero-order valence-corrected chi connectivity index (χ0v) is 18.5. The number of piperazine rings is 1. The van der Waals surface area contributed by atoms with Gasteiger partial charge in [0.15, 0.2) is 0 Å². The fourth-order valence-electron chi connectivity index (χ4n) is 4.26. The van der Waals surface area contributed by atoms with Crippen molar-refractivity contribution in [3.8, 4) is 6.07 Å². The zero-order chi connectivity index (χ0) is 24.3. The molecule has 2 aromatic rings. The van der Waals surface area contributed by atoms with Crippen LogP contribution in [0, 0.1) is 23.1 Å². The SMILES string of the molecule is N#Cc1cc(F)cc(C(=O)N2CCN([C@@H](C(=O)NCC(F)(F)C3CC3)c3ccccc3)CC2)c1. The molecule has 0 unspecified atom stereocenters. The largest absolute Gasteiger partial charge is 0.348 e. The van der Waals surface area contributed by atoms with E-state index >= 15 is 0 Å². The molecule has 1 saturated heterocycles. The number of carbonyl (C=O) groups excluding carboxylic acids is 2. The minimum absolute atomic E-state index is 0.0609. The normalized spacial score (nSPS) is 17.6. The average molecular weight is 470 g/mol. The first-order valence-corrected chi connectivity index (χ1v) is 11.2. The van der Waals surface area contributed by atoms with E-state index in [1.165, 1.54) is 11.0 Å². The van der Waals surface area contributed by atoms with Crippen LogP contribution < -0.4 is 5.32 Å². The Balaban J connectivity index is 1.44. The molecule has 6 nitrogen and oxygen atoms in total. The molecule has 1 N–H and O–H groups in total. The standard InChI is InChI=1S/C25H25F3N4O2/c26-21-13-17(15-29)12-19(14-21)24(34)32-10-8-31(9-11-32)22(18-4-2-1-3-5-18)23(33)30-16-25(27,28)20-6-7-20/h1-5,12-14,20,22H,6-11,16H2,(H,30,33)/t22-/m1/s1. The van der Waals surface area contributed by atoms with Crippen LogP contribution in [0.3, 0.4) is 0 Å². The van der Waals surface area contributed by atoms with Gasteiger partial charge < -0.3 is 10.2 Å². The highest BCUT2D eigenvalue weighted by molar-refractivity contribution is 5.94. The van der Waals surface area contributed by atoms with Crippen molar-refractivity contribution in [2.24, 2.45) is 5.92 Å². The highest BCUT2D eigenvalue weighted by atomic mass is 19.3. The van der Waals surface area contributed by atoms with Crippen molar-refractivity contribution in [3.05, 3.63) is 71.0 Å². The van der Waals surface area contributed by atoms with Gasteiger partial charge in [0.2, 0.25) is 5.91 Å². The van der Waals surface area contributed by atoms with Gasteiger partial charge in [0.05, 0.1) is 18.2 Å². The Morgan fingerprint density at radius 3 is 2.38 bits per heavy atom. The zero-order valence-electron chi connectivity index (χ0n) is 18.5. The maximum Gasteiger partial charge on any atom is 0.267 e. The number of carbonyl (C=O) groups is 2. The Morgan fingerprint density at radius 1 is 1.09 bits per heavy atom. The maximum atomic E-state index is 14.1. The van der Waals surface area contributed by atoms with Gasteiger partial charge in [0.1, 0.15) is 11.9 Å². The molecule has 0 bridgehead atoms. The fourth-order valence-corrected chi connectivity index (χ4v) is 4.26. The second-order valence-electron chi connectivity index (χ2n) is 8.73. The molecule has 178 valence electrons. The minimum atomic E-state index is -2.92. The molecular formula is C25H25F3N4O2. The second-order valence-corrected chi connectivity index (χ2v) is 8.73. The number of nitrogens with zero attached hydrogens (tertiary/aromatic N) is 3. The van der Waals surface area contributed by atoms with Crippen molar-refractivity contribution in [1.82, 2.24) is 15.1 Å². The van der Waals surface area contributed by atoms with Crippen LogP contribution >= 0.6 is 0 Å². The van der Waals surface area contributed by atoms with Gasteiger partial charge in [-0.05, 0) is 36.6 Å². The predicted octanol–water partition coefficient (Wildman–Crippen LogP) is 3.36. The number of hydrogen-bond acceptors (Lipinski definition) is 4. The van der Waals surface area contributed by atoms with E-state index in [9.17, 15) is 22.8 Å². The third kappa shape index (κ3) is 5.39. The van der Waals surface area contributed by atoms with Gasteiger partial charge in [0.25, 0.3) is 11.8 Å². The van der Waals surface area contributed by atoms with Crippen molar-refractivity contribution in [1.29, 1.82) is 5.26 Å². The molecule has 2 fully saturated rings. The molecule has 4 rings (SSSR count). The van der Waals surface area contributed by atoms with Gasteiger partial charge in [-0.1, -0.05) is 30.3 Å². The maximum absolute atomic E-state index is 14.1. The summed E-state index contributed by atoms with van der Waals surface area (Å²) in [6.45, 7) is 0.508. The summed E-state index contributed by atoms with van der Waals surface area (Å²) >= 11 is 0. The van der Waals surface area contributed by atoms with Crippen LogP contribution in [-0.2, 0) is 4.79 Å². The highest BCUT2D eigenvalue weighted by Crippen LogP contribution is 2.43. The second kappa shape index (κ2) is 9.85. The first-order chi connectivity index (χ1) is 16.3. The van der Waals surface area contributed by atoms with E-state index in [-0.39, 0.29) is 24.2 Å². The van der Waals surface area contributed by atoms with Crippen molar-refractivity contribution in [3.63, 3.8) is 0 Å². The van der Waals surface area contributed by atoms with Crippen molar-refractivity contribution in [2.75, 3.05) is 32.7 Å². The van der Waals surface area contributed by atoms with Gasteiger partial charge in [-0.2, -0.15) is 5.26 Å². The van der Waals surface area contributed by atoms with Crippen molar-refractivity contribution in [2.45, 2.75) is 24.8 Å². The Labute approximate surface area is 196 Å². The Kier molecular flexibility index (Phi) is 6.89. The number of halogens is 3. The van der Waals surface area contributed by atoms with Crippen LogP contribution in [0.4, 0.5) is 13.2 Å². The van der Waals surface area contributed by atoms with Gasteiger partial charge >= 0.3 is 0 Å². The van der Waals surface area contributed by atoms with E-state index in [1.807, 2.05) is 17.0 Å². The molecule has 0 aromatic heterocycles. The van der Waals surface area contributed by atoms with Crippen LogP contribution in [0.2, 0.25) is 0 Å².